The van der Waals surface area contributed by atoms with Crippen LogP contribution in [0, 0.1) is 0 Å². The number of carbonyl (C=O) groups excluding carboxylic acids is 1. The highest BCUT2D eigenvalue weighted by molar-refractivity contribution is 5.77. The summed E-state index contributed by atoms with van der Waals surface area (Å²) >= 11 is 0. The van der Waals surface area contributed by atoms with Crippen molar-refractivity contribution in [2.45, 2.75) is 44.2 Å². The molecular weight excluding hydrogens is 392 g/mol. The van der Waals surface area contributed by atoms with Crippen molar-refractivity contribution in [1.82, 2.24) is 4.90 Å². The minimum Gasteiger partial charge on any atom is -0.493 e. The van der Waals surface area contributed by atoms with Crippen molar-refractivity contribution >= 4 is 11.6 Å². The Kier molecular flexibility index (Phi) is 6.97. The second-order valence-corrected chi connectivity index (χ2v) is 8.39. The van der Waals surface area contributed by atoms with Crippen molar-refractivity contribution in [2.24, 2.45) is 0 Å². The topological polar surface area (TPSA) is 62.2 Å². The van der Waals surface area contributed by atoms with Crippen LogP contribution < -0.4 is 14.4 Å². The first kappa shape index (κ1) is 21.5. The van der Waals surface area contributed by atoms with E-state index in [1.165, 1.54) is 18.4 Å². The second-order valence-electron chi connectivity index (χ2n) is 8.39. The van der Waals surface area contributed by atoms with Crippen LogP contribution in [0.1, 0.15) is 31.2 Å². The molecule has 1 aliphatic carbocycles. The molecule has 0 radical (unpaired) electrons. The van der Waals surface area contributed by atoms with Crippen molar-refractivity contribution in [3.63, 3.8) is 0 Å². The summed E-state index contributed by atoms with van der Waals surface area (Å²) in [6.45, 7) is 1.44. The van der Waals surface area contributed by atoms with Gasteiger partial charge in [0.05, 0.1) is 19.3 Å². The van der Waals surface area contributed by atoms with Gasteiger partial charge in [0.25, 0.3) is 0 Å². The number of amides is 1. The number of carbonyl (C=O) groups is 1. The van der Waals surface area contributed by atoms with E-state index in [4.69, 9.17) is 9.47 Å². The molecule has 4 rings (SSSR count). The fourth-order valence-corrected chi connectivity index (χ4v) is 4.70. The molecule has 1 heterocycles. The fraction of sp³-hybridized carbons (Fsp3) is 0.480. The minimum absolute atomic E-state index is 0.111. The van der Waals surface area contributed by atoms with Gasteiger partial charge >= 0.3 is 0 Å². The number of benzene rings is 2. The number of nitrogens with zero attached hydrogens (tertiary/aromatic N) is 2. The molecule has 2 aromatic carbocycles. The van der Waals surface area contributed by atoms with Gasteiger partial charge in [0.15, 0.2) is 11.5 Å². The van der Waals surface area contributed by atoms with Crippen LogP contribution in [-0.4, -0.2) is 61.4 Å². The molecule has 1 aliphatic heterocycles. The maximum Gasteiger partial charge on any atom is 0.248 e. The van der Waals surface area contributed by atoms with Crippen LogP contribution in [-0.2, 0) is 11.2 Å². The summed E-state index contributed by atoms with van der Waals surface area (Å²) in [6, 6.07) is 16.6. The van der Waals surface area contributed by atoms with E-state index >= 15 is 0 Å². The third-order valence-corrected chi connectivity index (χ3v) is 6.36. The third-order valence-electron chi connectivity index (χ3n) is 6.36. The molecular formula is C25H32N2O4. The normalized spacial score (nSPS) is 19.5. The van der Waals surface area contributed by atoms with Crippen molar-refractivity contribution in [1.29, 1.82) is 0 Å². The Morgan fingerprint density at radius 3 is 2.55 bits per heavy atom. The van der Waals surface area contributed by atoms with Gasteiger partial charge in [-0.15, -0.1) is 0 Å². The standard InChI is InChI=1S/C25H32N2O4/c1-30-23-12-11-20(16-24(23)31-22-9-5-6-10-22)27-14-13-26(25(29)18-28)17-21(27)15-19-7-3-2-4-8-19/h2-4,7-8,11-12,16,21-22,28H,5-6,9-10,13-15,17-18H2,1H3. The SMILES string of the molecule is COc1ccc(N2CCN(C(=O)CO)CC2Cc2ccccc2)cc1OC1CCCC1. The monoisotopic (exact) mass is 424 g/mol. The number of hydrogen-bond donors (Lipinski definition) is 1. The Balaban J connectivity index is 1.59. The number of ether oxygens (including phenoxy) is 2. The lowest BCUT2D eigenvalue weighted by atomic mass is 10.0. The van der Waals surface area contributed by atoms with Crippen molar-refractivity contribution in [3.05, 3.63) is 54.1 Å². The van der Waals surface area contributed by atoms with E-state index in [-0.39, 0.29) is 18.1 Å². The lowest BCUT2D eigenvalue weighted by Crippen LogP contribution is -2.56. The van der Waals surface area contributed by atoms with Crippen LogP contribution in [0.4, 0.5) is 5.69 Å². The molecule has 1 saturated carbocycles. The number of aliphatic hydroxyl groups excluding tert-OH is 1. The molecule has 2 fully saturated rings. The van der Waals surface area contributed by atoms with E-state index in [0.717, 1.165) is 36.4 Å². The van der Waals surface area contributed by atoms with Gasteiger partial charge in [0.1, 0.15) is 6.61 Å². The van der Waals surface area contributed by atoms with E-state index in [9.17, 15) is 9.90 Å². The molecule has 6 heteroatoms. The first-order valence-corrected chi connectivity index (χ1v) is 11.2. The Hall–Kier alpha value is -2.73. The van der Waals surface area contributed by atoms with E-state index in [2.05, 4.69) is 29.2 Å². The summed E-state index contributed by atoms with van der Waals surface area (Å²) in [6.07, 6.45) is 5.68. The highest BCUT2D eigenvalue weighted by Gasteiger charge is 2.30. The Morgan fingerprint density at radius 2 is 1.84 bits per heavy atom. The predicted octanol–water partition coefficient (Wildman–Crippen LogP) is 3.27. The number of methoxy groups -OCH3 is 1. The van der Waals surface area contributed by atoms with Crippen LogP contribution in [0.25, 0.3) is 0 Å². The molecule has 1 N–H and O–H groups in total. The largest absolute Gasteiger partial charge is 0.493 e. The summed E-state index contributed by atoms with van der Waals surface area (Å²) in [7, 11) is 1.67. The van der Waals surface area contributed by atoms with Gasteiger partial charge in [-0.2, -0.15) is 0 Å². The van der Waals surface area contributed by atoms with Crippen LogP contribution in [0.5, 0.6) is 11.5 Å². The zero-order valence-electron chi connectivity index (χ0n) is 18.2. The predicted molar refractivity (Wildman–Crippen MR) is 121 cm³/mol. The molecule has 1 amide bonds. The number of hydrogen-bond acceptors (Lipinski definition) is 5. The maximum absolute atomic E-state index is 12.2. The Bertz CT molecular complexity index is 867. The summed E-state index contributed by atoms with van der Waals surface area (Å²) in [5.74, 6) is 1.33. The first-order valence-electron chi connectivity index (χ1n) is 11.2. The molecule has 2 aliphatic rings. The smallest absolute Gasteiger partial charge is 0.248 e. The molecule has 31 heavy (non-hydrogen) atoms. The quantitative estimate of drug-likeness (QED) is 0.739. The van der Waals surface area contributed by atoms with Crippen molar-refractivity contribution in [2.75, 3.05) is 38.3 Å². The van der Waals surface area contributed by atoms with Gasteiger partial charge in [-0.1, -0.05) is 30.3 Å². The van der Waals surface area contributed by atoms with Crippen LogP contribution in [0.2, 0.25) is 0 Å². The average molecular weight is 425 g/mol. The fourth-order valence-electron chi connectivity index (χ4n) is 4.70. The summed E-state index contributed by atoms with van der Waals surface area (Å²) < 4.78 is 11.9. The molecule has 2 aromatic rings. The summed E-state index contributed by atoms with van der Waals surface area (Å²) in [5.41, 5.74) is 2.30. The highest BCUT2D eigenvalue weighted by Crippen LogP contribution is 2.36. The van der Waals surface area contributed by atoms with E-state index in [1.807, 2.05) is 24.3 Å². The number of aliphatic hydroxyl groups is 1. The van der Waals surface area contributed by atoms with Gasteiger partial charge < -0.3 is 24.4 Å². The summed E-state index contributed by atoms with van der Waals surface area (Å²) in [4.78, 5) is 16.3. The highest BCUT2D eigenvalue weighted by atomic mass is 16.5. The van der Waals surface area contributed by atoms with Gasteiger partial charge in [0, 0.05) is 31.4 Å². The van der Waals surface area contributed by atoms with Crippen molar-refractivity contribution < 1.29 is 19.4 Å². The van der Waals surface area contributed by atoms with Gasteiger partial charge in [-0.05, 0) is 49.8 Å². The number of rotatable bonds is 7. The van der Waals surface area contributed by atoms with Crippen LogP contribution in [0.3, 0.4) is 0 Å². The van der Waals surface area contributed by atoms with Crippen molar-refractivity contribution in [3.8, 4) is 11.5 Å². The van der Waals surface area contributed by atoms with Gasteiger partial charge in [0.2, 0.25) is 5.91 Å². The number of piperazine rings is 1. The van der Waals surface area contributed by atoms with E-state index in [0.29, 0.717) is 19.6 Å². The molecule has 0 bridgehead atoms. The molecule has 1 saturated heterocycles. The first-order chi connectivity index (χ1) is 15.2. The van der Waals surface area contributed by atoms with E-state index in [1.54, 1.807) is 12.0 Å². The van der Waals surface area contributed by atoms with Gasteiger partial charge in [-0.3, -0.25) is 4.79 Å². The molecule has 6 nitrogen and oxygen atoms in total. The molecule has 0 spiro atoms. The molecule has 0 aromatic heterocycles. The Labute approximate surface area is 184 Å². The maximum atomic E-state index is 12.2. The van der Waals surface area contributed by atoms with Crippen LogP contribution >= 0.6 is 0 Å². The lowest BCUT2D eigenvalue weighted by Gasteiger charge is -2.43. The zero-order chi connectivity index (χ0) is 21.6. The minimum atomic E-state index is -0.444. The second kappa shape index (κ2) is 10.1. The Morgan fingerprint density at radius 1 is 1.06 bits per heavy atom. The molecule has 1 atom stereocenters. The summed E-state index contributed by atoms with van der Waals surface area (Å²) in [5, 5.41) is 9.34. The van der Waals surface area contributed by atoms with Gasteiger partial charge in [-0.25, -0.2) is 0 Å². The van der Waals surface area contributed by atoms with Crippen LogP contribution in [0.15, 0.2) is 48.5 Å². The number of anilines is 1. The third kappa shape index (κ3) is 5.13. The van der Waals surface area contributed by atoms with E-state index < -0.39 is 6.61 Å². The molecule has 166 valence electrons. The molecule has 1 unspecified atom stereocenters. The zero-order valence-corrected chi connectivity index (χ0v) is 18.2. The lowest BCUT2D eigenvalue weighted by molar-refractivity contribution is -0.135. The average Bonchev–Trinajstić information content (AvgIpc) is 3.32.